The fourth-order valence-electron chi connectivity index (χ4n) is 3.45. The number of fused-ring (bicyclic) bond motifs is 1. The second kappa shape index (κ2) is 8.66. The van der Waals surface area contributed by atoms with E-state index < -0.39 is 4.92 Å². The minimum absolute atomic E-state index is 0.0498. The van der Waals surface area contributed by atoms with E-state index in [1.54, 1.807) is 24.3 Å². The standard InChI is InChI=1S/C23H19N3O5/c27-22-14-25(20-9-5-4-8-19(20)24-22)23(28)15-31-21-11-10-18(26(29)30)13-17(21)12-16-6-2-1-3-7-16/h1-11,13H,12,14-15H2,(H,24,27). The largest absolute Gasteiger partial charge is 0.483 e. The van der Waals surface area contributed by atoms with Gasteiger partial charge in [0.25, 0.3) is 11.6 Å². The van der Waals surface area contributed by atoms with Gasteiger partial charge in [-0.25, -0.2) is 0 Å². The van der Waals surface area contributed by atoms with Crippen LogP contribution >= 0.6 is 0 Å². The van der Waals surface area contributed by atoms with Crippen LogP contribution in [0.15, 0.2) is 72.8 Å². The third-order valence-corrected chi connectivity index (χ3v) is 4.92. The maximum absolute atomic E-state index is 12.8. The molecule has 0 saturated heterocycles. The van der Waals surface area contributed by atoms with Crippen molar-refractivity contribution >= 4 is 28.9 Å². The summed E-state index contributed by atoms with van der Waals surface area (Å²) in [6.45, 7) is -0.405. The summed E-state index contributed by atoms with van der Waals surface area (Å²) in [5.41, 5.74) is 2.67. The molecule has 1 N–H and O–H groups in total. The Morgan fingerprint density at radius 1 is 1.06 bits per heavy atom. The number of anilines is 2. The van der Waals surface area contributed by atoms with Gasteiger partial charge in [-0.3, -0.25) is 24.6 Å². The van der Waals surface area contributed by atoms with E-state index in [2.05, 4.69) is 5.32 Å². The van der Waals surface area contributed by atoms with Gasteiger partial charge in [0.05, 0.1) is 16.3 Å². The molecule has 4 rings (SSSR count). The van der Waals surface area contributed by atoms with Crippen molar-refractivity contribution in [2.24, 2.45) is 0 Å². The summed E-state index contributed by atoms with van der Waals surface area (Å²) in [7, 11) is 0. The first kappa shape index (κ1) is 20.1. The topological polar surface area (TPSA) is 102 Å². The molecule has 3 aromatic carbocycles. The van der Waals surface area contributed by atoms with Gasteiger partial charge in [0.1, 0.15) is 12.3 Å². The second-order valence-electron chi connectivity index (χ2n) is 7.05. The van der Waals surface area contributed by atoms with E-state index >= 15 is 0 Å². The average Bonchev–Trinajstić information content (AvgIpc) is 2.78. The Balaban J connectivity index is 1.55. The maximum atomic E-state index is 12.8. The van der Waals surface area contributed by atoms with Gasteiger partial charge in [-0.05, 0) is 23.8 Å². The molecule has 8 nitrogen and oxygen atoms in total. The zero-order chi connectivity index (χ0) is 21.8. The van der Waals surface area contributed by atoms with Crippen LogP contribution in [0.1, 0.15) is 11.1 Å². The maximum Gasteiger partial charge on any atom is 0.269 e. The van der Waals surface area contributed by atoms with E-state index in [-0.39, 0.29) is 30.7 Å². The fraction of sp³-hybridized carbons (Fsp3) is 0.130. The molecule has 0 radical (unpaired) electrons. The van der Waals surface area contributed by atoms with E-state index in [4.69, 9.17) is 4.74 Å². The number of nitrogens with one attached hydrogen (secondary N) is 1. The number of carbonyl (C=O) groups is 2. The molecule has 0 bridgehead atoms. The van der Waals surface area contributed by atoms with Crippen molar-refractivity contribution in [1.82, 2.24) is 0 Å². The van der Waals surface area contributed by atoms with E-state index in [9.17, 15) is 19.7 Å². The summed E-state index contributed by atoms with van der Waals surface area (Å²) in [6, 6.07) is 20.8. The second-order valence-corrected chi connectivity index (χ2v) is 7.05. The minimum Gasteiger partial charge on any atom is -0.483 e. The van der Waals surface area contributed by atoms with E-state index in [1.807, 2.05) is 30.3 Å². The molecule has 1 aliphatic rings. The number of nitro groups is 1. The van der Waals surface area contributed by atoms with Gasteiger partial charge >= 0.3 is 0 Å². The monoisotopic (exact) mass is 417 g/mol. The first-order chi connectivity index (χ1) is 15.0. The van der Waals surface area contributed by atoms with Crippen molar-refractivity contribution in [3.05, 3.63) is 94.0 Å². The fourth-order valence-corrected chi connectivity index (χ4v) is 3.45. The number of nitrogens with zero attached hydrogens (tertiary/aromatic N) is 2. The molecule has 0 saturated carbocycles. The first-order valence-corrected chi connectivity index (χ1v) is 9.64. The average molecular weight is 417 g/mol. The number of nitro benzene ring substituents is 1. The van der Waals surface area contributed by atoms with Crippen molar-refractivity contribution < 1.29 is 19.2 Å². The molecule has 0 spiro atoms. The molecule has 0 fully saturated rings. The molecule has 31 heavy (non-hydrogen) atoms. The third kappa shape index (κ3) is 4.53. The Morgan fingerprint density at radius 3 is 2.58 bits per heavy atom. The lowest BCUT2D eigenvalue weighted by Crippen LogP contribution is -2.44. The Hall–Kier alpha value is -4.20. The molecule has 1 heterocycles. The van der Waals surface area contributed by atoms with Crippen molar-refractivity contribution in [3.63, 3.8) is 0 Å². The lowest BCUT2D eigenvalue weighted by Gasteiger charge is -2.29. The quantitative estimate of drug-likeness (QED) is 0.488. The molecule has 0 atom stereocenters. The van der Waals surface area contributed by atoms with Crippen LogP contribution in [-0.4, -0.2) is 29.9 Å². The molecular weight excluding hydrogens is 398 g/mol. The number of amides is 2. The van der Waals surface area contributed by atoms with Crippen LogP contribution < -0.4 is 15.0 Å². The highest BCUT2D eigenvalue weighted by Crippen LogP contribution is 2.30. The zero-order valence-corrected chi connectivity index (χ0v) is 16.5. The summed E-state index contributed by atoms with van der Waals surface area (Å²) in [4.78, 5) is 36.9. The number of hydrogen-bond donors (Lipinski definition) is 1. The van der Waals surface area contributed by atoms with Crippen LogP contribution in [0.4, 0.5) is 17.1 Å². The van der Waals surface area contributed by atoms with Crippen LogP contribution in [-0.2, 0) is 16.0 Å². The van der Waals surface area contributed by atoms with Gasteiger partial charge in [0.15, 0.2) is 6.61 Å². The third-order valence-electron chi connectivity index (χ3n) is 4.92. The number of benzene rings is 3. The Labute approximate surface area is 178 Å². The van der Waals surface area contributed by atoms with Gasteiger partial charge in [0, 0.05) is 24.1 Å². The molecule has 0 aromatic heterocycles. The van der Waals surface area contributed by atoms with E-state index in [0.29, 0.717) is 29.1 Å². The minimum atomic E-state index is -0.466. The van der Waals surface area contributed by atoms with E-state index in [0.717, 1.165) is 5.56 Å². The highest BCUT2D eigenvalue weighted by Gasteiger charge is 2.27. The molecule has 0 unspecified atom stereocenters. The van der Waals surface area contributed by atoms with Gasteiger partial charge in [-0.15, -0.1) is 0 Å². The number of hydrogen-bond acceptors (Lipinski definition) is 5. The molecular formula is C23H19N3O5. The van der Waals surface area contributed by atoms with Crippen molar-refractivity contribution in [2.45, 2.75) is 6.42 Å². The van der Waals surface area contributed by atoms with Crippen molar-refractivity contribution in [2.75, 3.05) is 23.4 Å². The Morgan fingerprint density at radius 2 is 1.81 bits per heavy atom. The van der Waals surface area contributed by atoms with Crippen LogP contribution in [0.2, 0.25) is 0 Å². The number of ether oxygens (including phenoxy) is 1. The SMILES string of the molecule is O=C1CN(C(=O)COc2ccc([N+](=O)[O-])cc2Cc2ccccc2)c2ccccc2N1. The molecule has 156 valence electrons. The van der Waals surface area contributed by atoms with E-state index in [1.165, 1.54) is 23.1 Å². The van der Waals surface area contributed by atoms with Crippen molar-refractivity contribution in [1.29, 1.82) is 0 Å². The van der Waals surface area contributed by atoms with Gasteiger partial charge < -0.3 is 10.1 Å². The summed E-state index contributed by atoms with van der Waals surface area (Å²) >= 11 is 0. The number of para-hydroxylation sites is 2. The summed E-state index contributed by atoms with van der Waals surface area (Å²) in [5, 5.41) is 13.9. The molecule has 2 amide bonds. The van der Waals surface area contributed by atoms with Gasteiger partial charge in [-0.2, -0.15) is 0 Å². The van der Waals surface area contributed by atoms with Gasteiger partial charge in [-0.1, -0.05) is 42.5 Å². The summed E-state index contributed by atoms with van der Waals surface area (Å²) < 4.78 is 5.76. The first-order valence-electron chi connectivity index (χ1n) is 9.64. The predicted molar refractivity (Wildman–Crippen MR) is 115 cm³/mol. The molecule has 0 aliphatic carbocycles. The normalized spacial score (nSPS) is 12.6. The van der Waals surface area contributed by atoms with Crippen molar-refractivity contribution in [3.8, 4) is 5.75 Å². The van der Waals surface area contributed by atoms with Crippen LogP contribution in [0.5, 0.6) is 5.75 Å². The molecule has 3 aromatic rings. The zero-order valence-electron chi connectivity index (χ0n) is 16.5. The predicted octanol–water partition coefficient (Wildman–Crippen LogP) is 3.55. The number of rotatable bonds is 6. The molecule has 1 aliphatic heterocycles. The highest BCUT2D eigenvalue weighted by molar-refractivity contribution is 6.10. The number of non-ortho nitro benzene ring substituents is 1. The smallest absolute Gasteiger partial charge is 0.269 e. The molecule has 8 heteroatoms. The highest BCUT2D eigenvalue weighted by atomic mass is 16.6. The Bertz CT molecular complexity index is 1150. The lowest BCUT2D eigenvalue weighted by atomic mass is 10.0. The van der Waals surface area contributed by atoms with Crippen LogP contribution in [0.3, 0.4) is 0 Å². The summed E-state index contributed by atoms with van der Waals surface area (Å²) in [6.07, 6.45) is 0.418. The number of carbonyl (C=O) groups excluding carboxylic acids is 2. The van der Waals surface area contributed by atoms with Crippen LogP contribution in [0.25, 0.3) is 0 Å². The van der Waals surface area contributed by atoms with Gasteiger partial charge in [0.2, 0.25) is 5.91 Å². The van der Waals surface area contributed by atoms with Crippen LogP contribution in [0, 0.1) is 10.1 Å². The lowest BCUT2D eigenvalue weighted by molar-refractivity contribution is -0.384. The summed E-state index contributed by atoms with van der Waals surface area (Å²) in [5.74, 6) is -0.281. The Kier molecular flexibility index (Phi) is 5.61.